The third kappa shape index (κ3) is 5.00. The number of aromatic nitrogens is 1. The van der Waals surface area contributed by atoms with Crippen LogP contribution in [0.5, 0.6) is 0 Å². The summed E-state index contributed by atoms with van der Waals surface area (Å²) in [6.45, 7) is 3.30. The molecule has 174 valence electrons. The number of carbonyl (C=O) groups excluding carboxylic acids is 2. The second kappa shape index (κ2) is 10.3. The minimum absolute atomic E-state index is 0.158. The molecule has 4 aromatic rings. The predicted molar refractivity (Wildman–Crippen MR) is 134 cm³/mol. The van der Waals surface area contributed by atoms with Gasteiger partial charge < -0.3 is 20.5 Å². The molecule has 0 saturated carbocycles. The molecule has 7 heteroatoms. The highest BCUT2D eigenvalue weighted by atomic mass is 16.5. The summed E-state index contributed by atoms with van der Waals surface area (Å²) < 4.78 is 5.11. The number of nitrogens with zero attached hydrogens (tertiary/aromatic N) is 1. The Kier molecular flexibility index (Phi) is 7.04. The van der Waals surface area contributed by atoms with Crippen LogP contribution in [0.1, 0.15) is 31.4 Å². The standard InChI is InChI=1S/C27H27N3O4/c1-3-34-26(33)13-12-19-24(28-17(2)32)14-18(16-31)15-25(19)30-27-20-8-4-6-10-22(20)29-23-11-7-5-9-21(23)27/h4-11,14-15,31H,3,12-13,16H2,1-2H3,(H,28,32)(H,29,30). The number of fused-ring (bicyclic) bond motifs is 2. The number of pyridine rings is 1. The summed E-state index contributed by atoms with van der Waals surface area (Å²) >= 11 is 0. The Hall–Kier alpha value is -3.97. The number of ether oxygens (including phenoxy) is 1. The van der Waals surface area contributed by atoms with Crippen molar-refractivity contribution in [3.05, 3.63) is 71.8 Å². The predicted octanol–water partition coefficient (Wildman–Crippen LogP) is 5.08. The summed E-state index contributed by atoms with van der Waals surface area (Å²) in [7, 11) is 0. The minimum atomic E-state index is -0.312. The first-order valence-corrected chi connectivity index (χ1v) is 11.2. The highest BCUT2D eigenvalue weighted by Crippen LogP contribution is 2.37. The lowest BCUT2D eigenvalue weighted by Crippen LogP contribution is -2.13. The molecule has 0 saturated heterocycles. The number of para-hydroxylation sites is 2. The zero-order chi connectivity index (χ0) is 24.1. The highest BCUT2D eigenvalue weighted by molar-refractivity contribution is 6.09. The lowest BCUT2D eigenvalue weighted by atomic mass is 10.00. The average Bonchev–Trinajstić information content (AvgIpc) is 2.83. The third-order valence-corrected chi connectivity index (χ3v) is 5.53. The number of amides is 1. The van der Waals surface area contributed by atoms with Crippen molar-refractivity contribution in [3.63, 3.8) is 0 Å². The normalized spacial score (nSPS) is 10.9. The van der Waals surface area contributed by atoms with E-state index >= 15 is 0 Å². The monoisotopic (exact) mass is 457 g/mol. The van der Waals surface area contributed by atoms with E-state index in [1.807, 2.05) is 54.6 Å². The second-order valence-electron chi connectivity index (χ2n) is 7.96. The van der Waals surface area contributed by atoms with Crippen molar-refractivity contribution >= 4 is 50.7 Å². The zero-order valence-electron chi connectivity index (χ0n) is 19.2. The van der Waals surface area contributed by atoms with Gasteiger partial charge in [0.1, 0.15) is 0 Å². The third-order valence-electron chi connectivity index (χ3n) is 5.53. The molecule has 0 bridgehead atoms. The van der Waals surface area contributed by atoms with Crippen molar-refractivity contribution in [2.45, 2.75) is 33.3 Å². The van der Waals surface area contributed by atoms with Crippen molar-refractivity contribution in [2.24, 2.45) is 0 Å². The fourth-order valence-corrected chi connectivity index (χ4v) is 4.07. The Bertz CT molecular complexity index is 1310. The molecule has 1 amide bonds. The van der Waals surface area contributed by atoms with Crippen LogP contribution in [0.25, 0.3) is 21.8 Å². The van der Waals surface area contributed by atoms with Crippen molar-refractivity contribution in [3.8, 4) is 0 Å². The molecule has 3 N–H and O–H groups in total. The van der Waals surface area contributed by atoms with Gasteiger partial charge in [-0.05, 0) is 48.7 Å². The molecular formula is C27H27N3O4. The van der Waals surface area contributed by atoms with E-state index in [1.165, 1.54) is 6.92 Å². The molecule has 0 spiro atoms. The van der Waals surface area contributed by atoms with Gasteiger partial charge in [-0.25, -0.2) is 4.98 Å². The number of hydrogen-bond acceptors (Lipinski definition) is 6. The fraction of sp³-hybridized carbons (Fsp3) is 0.222. The molecule has 7 nitrogen and oxygen atoms in total. The molecule has 0 radical (unpaired) electrons. The molecular weight excluding hydrogens is 430 g/mol. The summed E-state index contributed by atoms with van der Waals surface area (Å²) in [4.78, 5) is 28.8. The summed E-state index contributed by atoms with van der Waals surface area (Å²) in [6.07, 6.45) is 0.509. The molecule has 0 aliphatic heterocycles. The van der Waals surface area contributed by atoms with Gasteiger partial charge in [-0.2, -0.15) is 0 Å². The number of carbonyl (C=O) groups is 2. The van der Waals surface area contributed by atoms with Crippen LogP contribution in [0.15, 0.2) is 60.7 Å². The maximum Gasteiger partial charge on any atom is 0.306 e. The van der Waals surface area contributed by atoms with Crippen molar-refractivity contribution in [1.29, 1.82) is 0 Å². The summed E-state index contributed by atoms with van der Waals surface area (Å²) in [5.74, 6) is -0.550. The summed E-state index contributed by atoms with van der Waals surface area (Å²) in [5.41, 5.74) is 5.19. The molecule has 1 heterocycles. The van der Waals surface area contributed by atoms with Gasteiger partial charge in [-0.15, -0.1) is 0 Å². The van der Waals surface area contributed by atoms with E-state index in [9.17, 15) is 14.7 Å². The molecule has 1 aromatic heterocycles. The highest BCUT2D eigenvalue weighted by Gasteiger charge is 2.17. The van der Waals surface area contributed by atoms with Gasteiger partial charge in [0.05, 0.1) is 29.9 Å². The quantitative estimate of drug-likeness (QED) is 0.252. The van der Waals surface area contributed by atoms with Gasteiger partial charge in [-0.1, -0.05) is 36.4 Å². The van der Waals surface area contributed by atoms with Crippen LogP contribution in [0, 0.1) is 0 Å². The Balaban J connectivity index is 1.88. The van der Waals surface area contributed by atoms with Gasteiger partial charge >= 0.3 is 5.97 Å². The SMILES string of the molecule is CCOC(=O)CCc1c(NC(C)=O)cc(CO)cc1Nc1c2ccccc2nc2ccccc12. The molecule has 4 rings (SSSR count). The summed E-state index contributed by atoms with van der Waals surface area (Å²) in [6, 6.07) is 19.3. The van der Waals surface area contributed by atoms with Crippen molar-refractivity contribution in [2.75, 3.05) is 17.2 Å². The molecule has 0 unspecified atom stereocenters. The lowest BCUT2D eigenvalue weighted by molar-refractivity contribution is -0.143. The van der Waals surface area contributed by atoms with Crippen LogP contribution in [0.4, 0.5) is 17.1 Å². The van der Waals surface area contributed by atoms with Crippen LogP contribution in [-0.4, -0.2) is 28.6 Å². The van der Waals surface area contributed by atoms with E-state index in [2.05, 4.69) is 10.6 Å². The van der Waals surface area contributed by atoms with E-state index < -0.39 is 0 Å². The Labute approximate surface area is 197 Å². The number of rotatable bonds is 8. The van der Waals surface area contributed by atoms with Crippen LogP contribution >= 0.6 is 0 Å². The minimum Gasteiger partial charge on any atom is -0.466 e. The van der Waals surface area contributed by atoms with E-state index in [4.69, 9.17) is 9.72 Å². The largest absolute Gasteiger partial charge is 0.466 e. The van der Waals surface area contributed by atoms with E-state index in [0.29, 0.717) is 30.0 Å². The molecule has 0 aliphatic carbocycles. The van der Waals surface area contributed by atoms with E-state index in [0.717, 1.165) is 33.1 Å². The molecule has 0 aliphatic rings. The van der Waals surface area contributed by atoms with Crippen LogP contribution < -0.4 is 10.6 Å². The second-order valence-corrected chi connectivity index (χ2v) is 7.96. The topological polar surface area (TPSA) is 101 Å². The Morgan fingerprint density at radius 2 is 1.59 bits per heavy atom. The number of anilines is 3. The maximum atomic E-state index is 12.1. The molecule has 34 heavy (non-hydrogen) atoms. The smallest absolute Gasteiger partial charge is 0.306 e. The number of benzene rings is 3. The van der Waals surface area contributed by atoms with Crippen molar-refractivity contribution in [1.82, 2.24) is 4.98 Å². The van der Waals surface area contributed by atoms with E-state index in [1.54, 1.807) is 13.0 Å². The van der Waals surface area contributed by atoms with Gasteiger partial charge in [-0.3, -0.25) is 9.59 Å². The number of aliphatic hydroxyl groups excluding tert-OH is 1. The van der Waals surface area contributed by atoms with Gasteiger partial charge in [0.25, 0.3) is 0 Å². The van der Waals surface area contributed by atoms with Gasteiger partial charge in [0.15, 0.2) is 0 Å². The number of nitrogens with one attached hydrogen (secondary N) is 2. The zero-order valence-corrected chi connectivity index (χ0v) is 19.2. The fourth-order valence-electron chi connectivity index (χ4n) is 4.07. The number of aliphatic hydroxyl groups is 1. The maximum absolute atomic E-state index is 12.1. The first kappa shape index (κ1) is 23.2. The number of esters is 1. The van der Waals surface area contributed by atoms with E-state index in [-0.39, 0.29) is 24.9 Å². The van der Waals surface area contributed by atoms with Crippen molar-refractivity contribution < 1.29 is 19.4 Å². The first-order chi connectivity index (χ1) is 16.5. The average molecular weight is 458 g/mol. The van der Waals surface area contributed by atoms with Crippen LogP contribution in [0.2, 0.25) is 0 Å². The van der Waals surface area contributed by atoms with Crippen LogP contribution in [0.3, 0.4) is 0 Å². The number of hydrogen-bond donors (Lipinski definition) is 3. The Morgan fingerprint density at radius 1 is 0.971 bits per heavy atom. The van der Waals surface area contributed by atoms with Gasteiger partial charge in [0, 0.05) is 35.5 Å². The van der Waals surface area contributed by atoms with Gasteiger partial charge in [0.2, 0.25) is 5.91 Å². The Morgan fingerprint density at radius 3 is 2.18 bits per heavy atom. The summed E-state index contributed by atoms with van der Waals surface area (Å²) in [5, 5.41) is 18.2. The molecule has 0 fully saturated rings. The lowest BCUT2D eigenvalue weighted by Gasteiger charge is -2.20. The first-order valence-electron chi connectivity index (χ1n) is 11.2. The molecule has 3 aromatic carbocycles. The molecule has 0 atom stereocenters. The van der Waals surface area contributed by atoms with Crippen LogP contribution in [-0.2, 0) is 27.4 Å².